The molecule has 0 unspecified atom stereocenters. The van der Waals surface area contributed by atoms with Gasteiger partial charge in [-0.3, -0.25) is 9.59 Å². The molecule has 6 nitrogen and oxygen atoms in total. The summed E-state index contributed by atoms with van der Waals surface area (Å²) < 4.78 is 10.5. The molecule has 0 fully saturated rings. The van der Waals surface area contributed by atoms with Crippen LogP contribution in [0.25, 0.3) is 0 Å². The fraction of sp³-hybridized carbons (Fsp3) is 0.364. The summed E-state index contributed by atoms with van der Waals surface area (Å²) in [5, 5.41) is 2.83. The topological polar surface area (TPSA) is 67.9 Å². The molecule has 6 heteroatoms. The van der Waals surface area contributed by atoms with Crippen LogP contribution in [-0.4, -0.2) is 32.6 Å². The molecule has 2 amide bonds. The lowest BCUT2D eigenvalue weighted by Gasteiger charge is -2.26. The first-order chi connectivity index (χ1) is 13.4. The Morgan fingerprint density at radius 1 is 1.00 bits per heavy atom. The Kier molecular flexibility index (Phi) is 7.44. The van der Waals surface area contributed by atoms with E-state index < -0.39 is 0 Å². The number of hydrogen-bond acceptors (Lipinski definition) is 4. The van der Waals surface area contributed by atoms with Crippen LogP contribution in [0.3, 0.4) is 0 Å². The average molecular weight is 384 g/mol. The van der Waals surface area contributed by atoms with Crippen LogP contribution in [0, 0.1) is 0 Å². The van der Waals surface area contributed by atoms with Crippen molar-refractivity contribution in [3.05, 3.63) is 47.5 Å². The van der Waals surface area contributed by atoms with Gasteiger partial charge in [0, 0.05) is 13.0 Å². The van der Waals surface area contributed by atoms with Gasteiger partial charge in [0.2, 0.25) is 11.8 Å². The molecule has 0 saturated carbocycles. The zero-order chi connectivity index (χ0) is 20.7. The summed E-state index contributed by atoms with van der Waals surface area (Å²) in [6.07, 6.45) is 1.56. The number of hydrogen-bond donors (Lipinski definition) is 1. The molecule has 0 aliphatic rings. The predicted octanol–water partition coefficient (Wildman–Crippen LogP) is 3.82. The van der Waals surface area contributed by atoms with Gasteiger partial charge in [0.15, 0.2) is 0 Å². The van der Waals surface area contributed by atoms with Crippen molar-refractivity contribution in [1.82, 2.24) is 0 Å². The molecule has 0 heterocycles. The largest absolute Gasteiger partial charge is 0.497 e. The van der Waals surface area contributed by atoms with E-state index in [4.69, 9.17) is 9.47 Å². The van der Waals surface area contributed by atoms with Crippen LogP contribution in [0.4, 0.5) is 11.4 Å². The fourth-order valence-electron chi connectivity index (χ4n) is 3.14. The van der Waals surface area contributed by atoms with E-state index in [1.54, 1.807) is 30.2 Å². The first kappa shape index (κ1) is 21.3. The molecule has 2 rings (SSSR count). The first-order valence-corrected chi connectivity index (χ1v) is 9.35. The van der Waals surface area contributed by atoms with Crippen molar-refractivity contribution >= 4 is 23.2 Å². The number of nitrogens with one attached hydrogen (secondary N) is 1. The number of amides is 2. The summed E-state index contributed by atoms with van der Waals surface area (Å²) in [6, 6.07) is 11.1. The number of ether oxygens (including phenoxy) is 2. The summed E-state index contributed by atoms with van der Waals surface area (Å²) >= 11 is 0. The van der Waals surface area contributed by atoms with Crippen molar-refractivity contribution in [1.29, 1.82) is 0 Å². The normalized spacial score (nSPS) is 10.3. The van der Waals surface area contributed by atoms with E-state index in [0.717, 1.165) is 29.7 Å². The molecule has 1 N–H and O–H groups in total. The first-order valence-electron chi connectivity index (χ1n) is 9.35. The van der Waals surface area contributed by atoms with Crippen molar-refractivity contribution in [2.75, 3.05) is 31.0 Å². The number of benzene rings is 2. The Morgan fingerprint density at radius 3 is 2.14 bits per heavy atom. The third kappa shape index (κ3) is 4.82. The number of anilines is 2. The fourth-order valence-corrected chi connectivity index (χ4v) is 3.14. The van der Waals surface area contributed by atoms with Gasteiger partial charge < -0.3 is 19.7 Å². The highest BCUT2D eigenvalue weighted by Crippen LogP contribution is 2.30. The van der Waals surface area contributed by atoms with Gasteiger partial charge in [0.1, 0.15) is 18.0 Å². The molecule has 28 heavy (non-hydrogen) atoms. The lowest BCUT2D eigenvalue weighted by Crippen LogP contribution is -2.38. The minimum Gasteiger partial charge on any atom is -0.497 e. The summed E-state index contributed by atoms with van der Waals surface area (Å²) in [5.41, 5.74) is 3.45. The molecule has 0 radical (unpaired) electrons. The SMILES string of the molecule is CCc1cccc(CC)c1N(CC(=O)Nc1ccc(OC)cc1OC)C(C)=O. The van der Waals surface area contributed by atoms with Gasteiger partial charge in [-0.25, -0.2) is 0 Å². The van der Waals surface area contributed by atoms with E-state index in [-0.39, 0.29) is 18.4 Å². The van der Waals surface area contributed by atoms with E-state index >= 15 is 0 Å². The highest BCUT2D eigenvalue weighted by atomic mass is 16.5. The lowest BCUT2D eigenvalue weighted by molar-refractivity contribution is -0.120. The molecule has 150 valence electrons. The highest BCUT2D eigenvalue weighted by Gasteiger charge is 2.21. The number of carbonyl (C=O) groups is 2. The maximum absolute atomic E-state index is 12.7. The van der Waals surface area contributed by atoms with Crippen LogP contribution in [0.2, 0.25) is 0 Å². The van der Waals surface area contributed by atoms with Crippen molar-refractivity contribution in [3.8, 4) is 11.5 Å². The van der Waals surface area contributed by atoms with Gasteiger partial charge >= 0.3 is 0 Å². The van der Waals surface area contributed by atoms with E-state index in [0.29, 0.717) is 17.2 Å². The number of rotatable bonds is 8. The van der Waals surface area contributed by atoms with Crippen molar-refractivity contribution < 1.29 is 19.1 Å². The van der Waals surface area contributed by atoms with E-state index in [1.165, 1.54) is 14.0 Å². The van der Waals surface area contributed by atoms with Crippen molar-refractivity contribution in [2.24, 2.45) is 0 Å². The molecule has 0 saturated heterocycles. The molecule has 0 aliphatic carbocycles. The van der Waals surface area contributed by atoms with Crippen LogP contribution >= 0.6 is 0 Å². The number of para-hydroxylation sites is 1. The second-order valence-electron chi connectivity index (χ2n) is 6.35. The number of carbonyl (C=O) groups excluding carboxylic acids is 2. The van der Waals surface area contributed by atoms with E-state index in [9.17, 15) is 9.59 Å². The Bertz CT molecular complexity index is 826. The van der Waals surface area contributed by atoms with Crippen LogP contribution in [0.15, 0.2) is 36.4 Å². The molecule has 0 aromatic heterocycles. The van der Waals surface area contributed by atoms with Gasteiger partial charge in [-0.05, 0) is 36.1 Å². The lowest BCUT2D eigenvalue weighted by atomic mass is 10.0. The van der Waals surface area contributed by atoms with Gasteiger partial charge in [-0.1, -0.05) is 32.0 Å². The van der Waals surface area contributed by atoms with Crippen LogP contribution < -0.4 is 19.7 Å². The Balaban J connectivity index is 2.29. The van der Waals surface area contributed by atoms with Gasteiger partial charge in [-0.15, -0.1) is 0 Å². The quantitative estimate of drug-likeness (QED) is 0.751. The van der Waals surface area contributed by atoms with E-state index in [2.05, 4.69) is 5.32 Å². The Labute approximate surface area is 166 Å². The summed E-state index contributed by atoms with van der Waals surface area (Å²) in [4.78, 5) is 26.7. The molecule has 0 aliphatic heterocycles. The molecular weight excluding hydrogens is 356 g/mol. The minimum atomic E-state index is -0.299. The smallest absolute Gasteiger partial charge is 0.244 e. The molecule has 2 aromatic carbocycles. The number of aryl methyl sites for hydroxylation is 2. The molecule has 0 bridgehead atoms. The second-order valence-corrected chi connectivity index (χ2v) is 6.35. The predicted molar refractivity (Wildman–Crippen MR) is 111 cm³/mol. The third-order valence-electron chi connectivity index (χ3n) is 4.60. The summed E-state index contributed by atoms with van der Waals surface area (Å²) in [7, 11) is 3.09. The average Bonchev–Trinajstić information content (AvgIpc) is 2.71. The Hall–Kier alpha value is -3.02. The summed E-state index contributed by atoms with van der Waals surface area (Å²) in [5.74, 6) is 0.647. The molecular formula is C22H28N2O4. The van der Waals surface area contributed by atoms with Crippen molar-refractivity contribution in [3.63, 3.8) is 0 Å². The minimum absolute atomic E-state index is 0.0749. The van der Waals surface area contributed by atoms with Crippen LogP contribution in [0.5, 0.6) is 11.5 Å². The molecule has 2 aromatic rings. The molecule has 0 atom stereocenters. The zero-order valence-electron chi connectivity index (χ0n) is 17.2. The highest BCUT2D eigenvalue weighted by molar-refractivity contribution is 6.03. The summed E-state index contributed by atoms with van der Waals surface area (Å²) in [6.45, 7) is 5.49. The van der Waals surface area contributed by atoms with Crippen LogP contribution in [-0.2, 0) is 22.4 Å². The van der Waals surface area contributed by atoms with Gasteiger partial charge in [0.25, 0.3) is 0 Å². The second kappa shape index (κ2) is 9.78. The monoisotopic (exact) mass is 384 g/mol. The maximum Gasteiger partial charge on any atom is 0.244 e. The van der Waals surface area contributed by atoms with Gasteiger partial charge in [-0.2, -0.15) is 0 Å². The number of methoxy groups -OCH3 is 2. The Morgan fingerprint density at radius 2 is 1.64 bits per heavy atom. The maximum atomic E-state index is 12.7. The van der Waals surface area contributed by atoms with Crippen molar-refractivity contribution in [2.45, 2.75) is 33.6 Å². The number of nitrogens with zero attached hydrogens (tertiary/aromatic N) is 1. The zero-order valence-corrected chi connectivity index (χ0v) is 17.2. The van der Waals surface area contributed by atoms with Crippen LogP contribution in [0.1, 0.15) is 31.9 Å². The van der Waals surface area contributed by atoms with E-state index in [1.807, 2.05) is 32.0 Å². The van der Waals surface area contributed by atoms with Gasteiger partial charge in [0.05, 0.1) is 25.6 Å². The molecule has 0 spiro atoms. The third-order valence-corrected chi connectivity index (χ3v) is 4.60. The standard InChI is InChI=1S/C22H28N2O4/c1-6-16-9-8-10-17(7-2)22(16)24(15(3)25)14-21(26)23-19-12-11-18(27-4)13-20(19)28-5/h8-13H,6-7,14H2,1-5H3,(H,23,26).